The number of amides is 1. The molecule has 2 rings (SSSR count). The Bertz CT molecular complexity index is 482. The number of hydrogen-bond acceptors (Lipinski definition) is 4. The van der Waals surface area contributed by atoms with Crippen LogP contribution in [0.3, 0.4) is 0 Å². The lowest BCUT2D eigenvalue weighted by atomic mass is 10.1. The molecule has 6 heteroatoms. The normalized spacial score (nSPS) is 17.5. The van der Waals surface area contributed by atoms with Crippen molar-refractivity contribution >= 4 is 5.91 Å². The van der Waals surface area contributed by atoms with Crippen LogP contribution in [0.1, 0.15) is 44.2 Å². The van der Waals surface area contributed by atoms with Crippen LogP contribution in [0, 0.1) is 0 Å². The van der Waals surface area contributed by atoms with Crippen LogP contribution in [0.25, 0.3) is 0 Å². The highest BCUT2D eigenvalue weighted by molar-refractivity contribution is 5.92. The van der Waals surface area contributed by atoms with Crippen molar-refractivity contribution in [2.75, 3.05) is 32.7 Å². The summed E-state index contributed by atoms with van der Waals surface area (Å²) in [6.07, 6.45) is 1.85. The maximum Gasteiger partial charge on any atom is 0.274 e. The van der Waals surface area contributed by atoms with Gasteiger partial charge in [0.1, 0.15) is 5.69 Å². The third-order valence-electron chi connectivity index (χ3n) is 3.63. The van der Waals surface area contributed by atoms with Crippen molar-refractivity contribution in [2.24, 2.45) is 0 Å². The fourth-order valence-corrected chi connectivity index (χ4v) is 2.56. The van der Waals surface area contributed by atoms with Crippen molar-refractivity contribution in [3.05, 3.63) is 18.0 Å². The summed E-state index contributed by atoms with van der Waals surface area (Å²) in [6, 6.07) is 2.04. The summed E-state index contributed by atoms with van der Waals surface area (Å²) in [6.45, 7) is 11.3. The molecule has 1 fully saturated rings. The molecule has 21 heavy (non-hydrogen) atoms. The van der Waals surface area contributed by atoms with Gasteiger partial charge in [0.2, 0.25) is 0 Å². The maximum absolute atomic E-state index is 12.4. The number of carbonyl (C=O) groups is 1. The van der Waals surface area contributed by atoms with Crippen molar-refractivity contribution in [3.63, 3.8) is 0 Å². The van der Waals surface area contributed by atoms with Crippen LogP contribution in [0.5, 0.6) is 0 Å². The van der Waals surface area contributed by atoms with Crippen molar-refractivity contribution in [2.45, 2.75) is 39.3 Å². The molecule has 6 nitrogen and oxygen atoms in total. The summed E-state index contributed by atoms with van der Waals surface area (Å²) in [5.74, 6) is -0.00249. The molecule has 0 aromatic carbocycles. The van der Waals surface area contributed by atoms with Crippen LogP contribution in [0.2, 0.25) is 0 Å². The molecule has 0 bridgehead atoms. The molecular weight excluding hydrogens is 268 g/mol. The fraction of sp³-hybridized carbons (Fsp3) is 0.733. The van der Waals surface area contributed by atoms with Gasteiger partial charge in [-0.2, -0.15) is 5.10 Å². The maximum atomic E-state index is 12.4. The molecule has 1 amide bonds. The first-order valence-corrected chi connectivity index (χ1v) is 7.55. The standard InChI is InChI=1S/C15H26N4O2/c1-12(2)19-6-5-13(16-19)14(20)18-9-7-17(8-10-18)11-15(3,4)21/h5-6,12,21H,7-11H2,1-4H3. The number of carbonyl (C=O) groups excluding carboxylic acids is 1. The lowest BCUT2D eigenvalue weighted by Crippen LogP contribution is -2.52. The zero-order valence-corrected chi connectivity index (χ0v) is 13.4. The Hall–Kier alpha value is -1.40. The van der Waals surface area contributed by atoms with E-state index in [2.05, 4.69) is 10.00 Å². The van der Waals surface area contributed by atoms with Gasteiger partial charge in [-0.15, -0.1) is 0 Å². The molecule has 118 valence electrons. The number of piperazine rings is 1. The third-order valence-corrected chi connectivity index (χ3v) is 3.63. The second-order valence-electron chi connectivity index (χ2n) is 6.66. The van der Waals surface area contributed by atoms with E-state index in [9.17, 15) is 9.90 Å². The van der Waals surface area contributed by atoms with E-state index in [-0.39, 0.29) is 11.9 Å². The third kappa shape index (κ3) is 4.28. The molecule has 1 aliphatic rings. The average Bonchev–Trinajstić information content (AvgIpc) is 2.86. The molecular formula is C15H26N4O2. The number of aliphatic hydroxyl groups is 1. The Morgan fingerprint density at radius 1 is 1.33 bits per heavy atom. The van der Waals surface area contributed by atoms with Crippen molar-refractivity contribution < 1.29 is 9.90 Å². The monoisotopic (exact) mass is 294 g/mol. The second-order valence-corrected chi connectivity index (χ2v) is 6.66. The molecule has 2 heterocycles. The molecule has 0 spiro atoms. The van der Waals surface area contributed by atoms with E-state index in [0.717, 1.165) is 13.1 Å². The number of nitrogens with zero attached hydrogens (tertiary/aromatic N) is 4. The lowest BCUT2D eigenvalue weighted by Gasteiger charge is -2.37. The van der Waals surface area contributed by atoms with Crippen LogP contribution in [-0.2, 0) is 0 Å². The fourth-order valence-electron chi connectivity index (χ4n) is 2.56. The van der Waals surface area contributed by atoms with E-state index < -0.39 is 5.60 Å². The average molecular weight is 294 g/mol. The van der Waals surface area contributed by atoms with Crippen LogP contribution in [0.15, 0.2) is 12.3 Å². The van der Waals surface area contributed by atoms with E-state index in [1.165, 1.54) is 0 Å². The first kappa shape index (κ1) is 16.0. The van der Waals surface area contributed by atoms with Gasteiger partial charge >= 0.3 is 0 Å². The van der Waals surface area contributed by atoms with Gasteiger partial charge < -0.3 is 10.0 Å². The van der Waals surface area contributed by atoms with Crippen LogP contribution in [-0.4, -0.2) is 68.9 Å². The van der Waals surface area contributed by atoms with Gasteiger partial charge in [-0.05, 0) is 33.8 Å². The SMILES string of the molecule is CC(C)n1ccc(C(=O)N2CCN(CC(C)(C)O)CC2)n1. The van der Waals surface area contributed by atoms with Gasteiger partial charge in [0, 0.05) is 45.0 Å². The molecule has 0 atom stereocenters. The number of hydrogen-bond donors (Lipinski definition) is 1. The van der Waals surface area contributed by atoms with Crippen LogP contribution in [0.4, 0.5) is 0 Å². The molecule has 1 saturated heterocycles. The molecule has 0 unspecified atom stereocenters. The first-order chi connectivity index (χ1) is 9.76. The summed E-state index contributed by atoms with van der Waals surface area (Å²) in [7, 11) is 0. The molecule has 1 N–H and O–H groups in total. The number of β-amino-alcohol motifs (C(OH)–C–C–N with tert-alkyl or cyclic N) is 1. The van der Waals surface area contributed by atoms with Gasteiger partial charge in [-0.3, -0.25) is 14.4 Å². The van der Waals surface area contributed by atoms with Crippen LogP contribution >= 0.6 is 0 Å². The first-order valence-electron chi connectivity index (χ1n) is 7.55. The summed E-state index contributed by atoms with van der Waals surface area (Å²) < 4.78 is 1.80. The zero-order chi connectivity index (χ0) is 15.6. The smallest absolute Gasteiger partial charge is 0.274 e. The highest BCUT2D eigenvalue weighted by Gasteiger charge is 2.26. The number of aromatic nitrogens is 2. The molecule has 1 aromatic heterocycles. The van der Waals surface area contributed by atoms with Gasteiger partial charge in [0.15, 0.2) is 0 Å². The second kappa shape index (κ2) is 6.15. The van der Waals surface area contributed by atoms with Gasteiger partial charge in [-0.1, -0.05) is 0 Å². The van der Waals surface area contributed by atoms with Crippen molar-refractivity contribution in [3.8, 4) is 0 Å². The van der Waals surface area contributed by atoms with Gasteiger partial charge in [-0.25, -0.2) is 0 Å². The van der Waals surface area contributed by atoms with Gasteiger partial charge in [0.25, 0.3) is 5.91 Å². The topological polar surface area (TPSA) is 61.6 Å². The van der Waals surface area contributed by atoms with E-state index >= 15 is 0 Å². The molecule has 0 aliphatic carbocycles. The van der Waals surface area contributed by atoms with Crippen LogP contribution < -0.4 is 0 Å². The van der Waals surface area contributed by atoms with E-state index in [1.54, 1.807) is 10.7 Å². The highest BCUT2D eigenvalue weighted by Crippen LogP contribution is 2.12. The summed E-state index contributed by atoms with van der Waals surface area (Å²) in [5.41, 5.74) is -0.179. The summed E-state index contributed by atoms with van der Waals surface area (Å²) in [4.78, 5) is 16.4. The molecule has 1 aliphatic heterocycles. The Kier molecular flexibility index (Phi) is 4.68. The Labute approximate surface area is 126 Å². The van der Waals surface area contributed by atoms with E-state index in [4.69, 9.17) is 0 Å². The Morgan fingerprint density at radius 2 is 1.95 bits per heavy atom. The largest absolute Gasteiger partial charge is 0.389 e. The molecule has 1 aromatic rings. The summed E-state index contributed by atoms with van der Waals surface area (Å²) >= 11 is 0. The van der Waals surface area contributed by atoms with E-state index in [0.29, 0.717) is 25.3 Å². The molecule has 0 radical (unpaired) electrons. The predicted molar refractivity (Wildman–Crippen MR) is 81.3 cm³/mol. The Morgan fingerprint density at radius 3 is 2.43 bits per heavy atom. The van der Waals surface area contributed by atoms with Gasteiger partial charge in [0.05, 0.1) is 5.60 Å². The Balaban J connectivity index is 1.90. The lowest BCUT2D eigenvalue weighted by molar-refractivity contribution is 0.0177. The number of rotatable bonds is 4. The minimum absolute atomic E-state index is 0.00249. The quantitative estimate of drug-likeness (QED) is 0.899. The summed E-state index contributed by atoms with van der Waals surface area (Å²) in [5, 5.41) is 14.2. The molecule has 0 saturated carbocycles. The highest BCUT2D eigenvalue weighted by atomic mass is 16.3. The van der Waals surface area contributed by atoms with E-state index in [1.807, 2.05) is 38.8 Å². The van der Waals surface area contributed by atoms with Crippen molar-refractivity contribution in [1.29, 1.82) is 0 Å². The minimum Gasteiger partial charge on any atom is -0.389 e. The zero-order valence-electron chi connectivity index (χ0n) is 13.4. The predicted octanol–water partition coefficient (Wildman–Crippen LogP) is 0.993. The van der Waals surface area contributed by atoms with Crippen molar-refractivity contribution in [1.82, 2.24) is 19.6 Å². The minimum atomic E-state index is -0.692.